The van der Waals surface area contributed by atoms with Crippen molar-refractivity contribution in [1.29, 1.82) is 0 Å². The van der Waals surface area contributed by atoms with Crippen molar-refractivity contribution in [2.24, 2.45) is 5.92 Å². The molecular formula is C14H18N2O3S. The number of hydrogen-bond donors (Lipinski definition) is 0. The topological polar surface area (TPSA) is 57.7 Å². The Labute approximate surface area is 119 Å². The van der Waals surface area contributed by atoms with Crippen molar-refractivity contribution in [3.63, 3.8) is 0 Å². The second kappa shape index (κ2) is 4.86. The highest BCUT2D eigenvalue weighted by molar-refractivity contribution is 7.88. The first-order valence-corrected chi connectivity index (χ1v) is 8.63. The zero-order valence-electron chi connectivity index (χ0n) is 11.4. The zero-order valence-corrected chi connectivity index (χ0v) is 12.2. The zero-order chi connectivity index (χ0) is 14.3. The van der Waals surface area contributed by atoms with Crippen LogP contribution in [0, 0.1) is 5.92 Å². The van der Waals surface area contributed by atoms with E-state index in [0.29, 0.717) is 25.2 Å². The van der Waals surface area contributed by atoms with Gasteiger partial charge in [-0.15, -0.1) is 0 Å². The van der Waals surface area contributed by atoms with Crippen LogP contribution in [0.3, 0.4) is 0 Å². The Morgan fingerprint density at radius 2 is 1.90 bits per heavy atom. The molecule has 20 heavy (non-hydrogen) atoms. The molecule has 1 aromatic rings. The number of benzene rings is 1. The van der Waals surface area contributed by atoms with Gasteiger partial charge in [0.05, 0.1) is 6.26 Å². The molecule has 1 aromatic carbocycles. The first kappa shape index (κ1) is 13.6. The molecule has 6 heteroatoms. The highest BCUT2D eigenvalue weighted by Gasteiger charge is 2.46. The number of hydrogen-bond acceptors (Lipinski definition) is 3. The van der Waals surface area contributed by atoms with Crippen LogP contribution in [0.15, 0.2) is 30.3 Å². The summed E-state index contributed by atoms with van der Waals surface area (Å²) >= 11 is 0. The SMILES string of the molecule is CS(=O)(=O)N1CC[C@@H]2CN(C(=O)c3ccccc3)C[C@@H]21. The number of rotatable bonds is 2. The van der Waals surface area contributed by atoms with E-state index in [1.54, 1.807) is 21.3 Å². The van der Waals surface area contributed by atoms with E-state index in [-0.39, 0.29) is 17.9 Å². The van der Waals surface area contributed by atoms with E-state index in [4.69, 9.17) is 0 Å². The predicted octanol–water partition coefficient (Wildman–Crippen LogP) is 0.792. The summed E-state index contributed by atoms with van der Waals surface area (Å²) in [7, 11) is -3.18. The molecule has 2 saturated heterocycles. The molecule has 0 saturated carbocycles. The van der Waals surface area contributed by atoms with Crippen LogP contribution in [0.5, 0.6) is 0 Å². The van der Waals surface area contributed by atoms with E-state index in [1.165, 1.54) is 6.26 Å². The minimum absolute atomic E-state index is 0.00606. The molecule has 0 aliphatic carbocycles. The monoisotopic (exact) mass is 294 g/mol. The Kier molecular flexibility index (Phi) is 3.30. The molecule has 3 rings (SSSR count). The van der Waals surface area contributed by atoms with E-state index >= 15 is 0 Å². The maximum Gasteiger partial charge on any atom is 0.253 e. The minimum atomic E-state index is -3.18. The lowest BCUT2D eigenvalue weighted by molar-refractivity contribution is 0.0778. The summed E-state index contributed by atoms with van der Waals surface area (Å²) in [6, 6.07) is 9.11. The summed E-state index contributed by atoms with van der Waals surface area (Å²) < 4.78 is 25.0. The fraction of sp³-hybridized carbons (Fsp3) is 0.500. The van der Waals surface area contributed by atoms with Crippen LogP contribution >= 0.6 is 0 Å². The molecule has 0 bridgehead atoms. The van der Waals surface area contributed by atoms with Gasteiger partial charge in [-0.3, -0.25) is 4.79 Å². The van der Waals surface area contributed by atoms with Crippen LogP contribution in [0.25, 0.3) is 0 Å². The molecule has 0 radical (unpaired) electrons. The third-order valence-corrected chi connectivity index (χ3v) is 5.54. The molecule has 2 aliphatic heterocycles. The van der Waals surface area contributed by atoms with Gasteiger partial charge in [0.15, 0.2) is 0 Å². The Morgan fingerprint density at radius 1 is 1.20 bits per heavy atom. The van der Waals surface area contributed by atoms with Crippen molar-refractivity contribution in [1.82, 2.24) is 9.21 Å². The Bertz CT molecular complexity index is 615. The summed E-state index contributed by atoms with van der Waals surface area (Å²) in [6.07, 6.45) is 2.09. The maximum atomic E-state index is 12.4. The normalized spacial score (nSPS) is 26.8. The molecule has 1 amide bonds. The molecule has 108 valence electrons. The molecule has 2 fully saturated rings. The van der Waals surface area contributed by atoms with Crippen molar-refractivity contribution >= 4 is 15.9 Å². The van der Waals surface area contributed by atoms with Gasteiger partial charge in [-0.2, -0.15) is 4.31 Å². The quantitative estimate of drug-likeness (QED) is 0.810. The molecule has 2 aliphatic rings. The largest absolute Gasteiger partial charge is 0.337 e. The second-order valence-electron chi connectivity index (χ2n) is 5.57. The lowest BCUT2D eigenvalue weighted by atomic mass is 10.1. The van der Waals surface area contributed by atoms with Crippen LogP contribution in [0.4, 0.5) is 0 Å². The van der Waals surface area contributed by atoms with E-state index in [0.717, 1.165) is 6.42 Å². The maximum absolute atomic E-state index is 12.4. The van der Waals surface area contributed by atoms with E-state index in [1.807, 2.05) is 18.2 Å². The average Bonchev–Trinajstić information content (AvgIpc) is 2.97. The van der Waals surface area contributed by atoms with Gasteiger partial charge in [0.1, 0.15) is 0 Å². The fourth-order valence-electron chi connectivity index (χ4n) is 3.26. The third kappa shape index (κ3) is 2.33. The van der Waals surface area contributed by atoms with Crippen LogP contribution in [-0.2, 0) is 10.0 Å². The lowest BCUT2D eigenvalue weighted by Crippen LogP contribution is -2.40. The number of fused-ring (bicyclic) bond motifs is 1. The van der Waals surface area contributed by atoms with Crippen LogP contribution < -0.4 is 0 Å². The highest BCUT2D eigenvalue weighted by atomic mass is 32.2. The van der Waals surface area contributed by atoms with Gasteiger partial charge in [0, 0.05) is 31.2 Å². The molecule has 0 unspecified atom stereocenters. The molecular weight excluding hydrogens is 276 g/mol. The van der Waals surface area contributed by atoms with Gasteiger partial charge >= 0.3 is 0 Å². The molecule has 0 spiro atoms. The summed E-state index contributed by atoms with van der Waals surface area (Å²) in [4.78, 5) is 14.2. The molecule has 0 aromatic heterocycles. The van der Waals surface area contributed by atoms with Crippen LogP contribution in [-0.4, -0.2) is 55.5 Å². The average molecular weight is 294 g/mol. The number of amides is 1. The standard InChI is InChI=1S/C14H18N2O3S/c1-20(18,19)16-8-7-12-9-15(10-13(12)16)14(17)11-5-3-2-4-6-11/h2-6,12-13H,7-10H2,1H3/t12-,13+/m1/s1. The van der Waals surface area contributed by atoms with E-state index in [9.17, 15) is 13.2 Å². The smallest absolute Gasteiger partial charge is 0.253 e. The second-order valence-corrected chi connectivity index (χ2v) is 7.50. The number of carbonyl (C=O) groups is 1. The molecule has 5 nitrogen and oxygen atoms in total. The number of likely N-dealkylation sites (tertiary alicyclic amines) is 1. The minimum Gasteiger partial charge on any atom is -0.337 e. The van der Waals surface area contributed by atoms with Gasteiger partial charge in [-0.05, 0) is 24.5 Å². The number of sulfonamides is 1. The Balaban J connectivity index is 1.76. The summed E-state index contributed by atoms with van der Waals surface area (Å²) in [6.45, 7) is 1.75. The highest BCUT2D eigenvalue weighted by Crippen LogP contribution is 2.33. The number of carbonyl (C=O) groups excluding carboxylic acids is 1. The molecule has 2 atom stereocenters. The fourth-order valence-corrected chi connectivity index (χ4v) is 4.43. The predicted molar refractivity (Wildman–Crippen MR) is 75.8 cm³/mol. The first-order valence-electron chi connectivity index (χ1n) is 6.78. The van der Waals surface area contributed by atoms with E-state index in [2.05, 4.69) is 0 Å². The van der Waals surface area contributed by atoms with Crippen LogP contribution in [0.1, 0.15) is 16.8 Å². The van der Waals surface area contributed by atoms with Gasteiger partial charge in [0.2, 0.25) is 10.0 Å². The van der Waals surface area contributed by atoms with Gasteiger partial charge < -0.3 is 4.90 Å². The molecule has 2 heterocycles. The van der Waals surface area contributed by atoms with Gasteiger partial charge in [-0.25, -0.2) is 8.42 Å². The first-order chi connectivity index (χ1) is 9.47. The van der Waals surface area contributed by atoms with Crippen molar-refractivity contribution in [3.8, 4) is 0 Å². The third-order valence-electron chi connectivity index (χ3n) is 4.23. The summed E-state index contributed by atoms with van der Waals surface area (Å²) in [5, 5.41) is 0. The summed E-state index contributed by atoms with van der Waals surface area (Å²) in [5.41, 5.74) is 0.665. The van der Waals surface area contributed by atoms with Gasteiger partial charge in [0.25, 0.3) is 5.91 Å². The Morgan fingerprint density at radius 3 is 2.55 bits per heavy atom. The molecule has 0 N–H and O–H groups in total. The lowest BCUT2D eigenvalue weighted by Gasteiger charge is -2.22. The van der Waals surface area contributed by atoms with Crippen molar-refractivity contribution in [3.05, 3.63) is 35.9 Å². The van der Waals surface area contributed by atoms with Crippen molar-refractivity contribution in [2.75, 3.05) is 25.9 Å². The Hall–Kier alpha value is -1.40. The van der Waals surface area contributed by atoms with E-state index < -0.39 is 10.0 Å². The van der Waals surface area contributed by atoms with Crippen LogP contribution in [0.2, 0.25) is 0 Å². The van der Waals surface area contributed by atoms with Crippen molar-refractivity contribution < 1.29 is 13.2 Å². The van der Waals surface area contributed by atoms with Gasteiger partial charge in [-0.1, -0.05) is 18.2 Å². The van der Waals surface area contributed by atoms with Crippen molar-refractivity contribution in [2.45, 2.75) is 12.5 Å². The number of nitrogens with zero attached hydrogens (tertiary/aromatic N) is 2. The summed E-state index contributed by atoms with van der Waals surface area (Å²) in [5.74, 6) is 0.269.